The molecule has 0 aromatic heterocycles. The Bertz CT molecular complexity index is 793. The van der Waals surface area contributed by atoms with Crippen LogP contribution in [0.4, 0.5) is 11.4 Å². The summed E-state index contributed by atoms with van der Waals surface area (Å²) in [5.74, 6) is 3.18. The average Bonchev–Trinajstić information content (AvgIpc) is 3.34. The standard InChI is InChI=1S/C19H21N3O2S/c23-22(24)13-4-5-18-11(8-13)6-7-21(18)19(25)20-17-10-12-9-16(17)15-3-1-2-14(12)15/h1,3-5,8,12,14-17H,2,6-7,9-10H2,(H,20,25)/t12-,14+,15-,16-,17-/m1/s1. The van der Waals surface area contributed by atoms with Crippen molar-refractivity contribution in [3.63, 3.8) is 0 Å². The Morgan fingerprint density at radius 2 is 2.20 bits per heavy atom. The van der Waals surface area contributed by atoms with E-state index in [9.17, 15) is 10.1 Å². The van der Waals surface area contributed by atoms with Gasteiger partial charge in [-0.25, -0.2) is 0 Å². The first-order valence-electron chi connectivity index (χ1n) is 9.14. The van der Waals surface area contributed by atoms with Crippen molar-refractivity contribution >= 4 is 28.7 Å². The number of hydrogen-bond donors (Lipinski definition) is 1. The lowest BCUT2D eigenvalue weighted by Gasteiger charge is -2.34. The zero-order valence-electron chi connectivity index (χ0n) is 13.9. The van der Waals surface area contributed by atoms with E-state index >= 15 is 0 Å². The molecule has 1 aliphatic heterocycles. The predicted octanol–water partition coefficient (Wildman–Crippen LogP) is 3.43. The Morgan fingerprint density at radius 1 is 1.32 bits per heavy atom. The highest BCUT2D eigenvalue weighted by Crippen LogP contribution is 2.56. The maximum atomic E-state index is 11.0. The van der Waals surface area contributed by atoms with Crippen molar-refractivity contribution in [2.75, 3.05) is 11.4 Å². The van der Waals surface area contributed by atoms with Gasteiger partial charge in [-0.1, -0.05) is 12.2 Å². The summed E-state index contributed by atoms with van der Waals surface area (Å²) >= 11 is 5.71. The average molecular weight is 355 g/mol. The van der Waals surface area contributed by atoms with Crippen LogP contribution in [0.3, 0.4) is 0 Å². The Morgan fingerprint density at radius 3 is 3.04 bits per heavy atom. The second kappa shape index (κ2) is 5.53. The molecule has 5 atom stereocenters. The fourth-order valence-corrected chi connectivity index (χ4v) is 6.00. The number of rotatable bonds is 2. The van der Waals surface area contributed by atoms with Crippen molar-refractivity contribution in [1.82, 2.24) is 5.32 Å². The van der Waals surface area contributed by atoms with Crippen LogP contribution in [0.15, 0.2) is 30.4 Å². The van der Waals surface area contributed by atoms with Crippen molar-refractivity contribution < 1.29 is 4.92 Å². The fraction of sp³-hybridized carbons (Fsp3) is 0.526. The first-order valence-corrected chi connectivity index (χ1v) is 9.54. The van der Waals surface area contributed by atoms with Crippen LogP contribution in [0.25, 0.3) is 0 Å². The van der Waals surface area contributed by atoms with Gasteiger partial charge in [0.2, 0.25) is 0 Å². The minimum absolute atomic E-state index is 0.159. The summed E-state index contributed by atoms with van der Waals surface area (Å²) in [6.07, 6.45) is 9.43. The smallest absolute Gasteiger partial charge is 0.269 e. The molecule has 1 aromatic rings. The van der Waals surface area contributed by atoms with E-state index in [4.69, 9.17) is 12.2 Å². The number of allylic oxidation sites excluding steroid dienone is 2. The highest BCUT2D eigenvalue weighted by atomic mass is 32.1. The first-order chi connectivity index (χ1) is 12.1. The molecule has 0 spiro atoms. The molecule has 5 rings (SSSR count). The van der Waals surface area contributed by atoms with Crippen LogP contribution in [-0.2, 0) is 6.42 Å². The Balaban J connectivity index is 1.31. The number of thiocarbonyl (C=S) groups is 1. The molecule has 5 nitrogen and oxygen atoms in total. The van der Waals surface area contributed by atoms with Crippen molar-refractivity contribution in [2.24, 2.45) is 23.7 Å². The molecule has 25 heavy (non-hydrogen) atoms. The zero-order chi connectivity index (χ0) is 17.1. The number of anilines is 1. The molecule has 1 heterocycles. The van der Waals surface area contributed by atoms with E-state index in [-0.39, 0.29) is 10.6 Å². The van der Waals surface area contributed by atoms with Gasteiger partial charge in [0.15, 0.2) is 5.11 Å². The van der Waals surface area contributed by atoms with Crippen LogP contribution in [0.1, 0.15) is 24.8 Å². The molecule has 3 aliphatic carbocycles. The van der Waals surface area contributed by atoms with Gasteiger partial charge in [-0.3, -0.25) is 10.1 Å². The van der Waals surface area contributed by atoms with Crippen molar-refractivity contribution in [3.8, 4) is 0 Å². The molecule has 2 saturated carbocycles. The predicted molar refractivity (Wildman–Crippen MR) is 101 cm³/mol. The number of nitro groups is 1. The van der Waals surface area contributed by atoms with Crippen LogP contribution in [0.2, 0.25) is 0 Å². The molecule has 6 heteroatoms. The maximum Gasteiger partial charge on any atom is 0.269 e. The van der Waals surface area contributed by atoms with Crippen LogP contribution >= 0.6 is 12.2 Å². The lowest BCUT2D eigenvalue weighted by atomic mass is 9.79. The summed E-state index contributed by atoms with van der Waals surface area (Å²) in [5.41, 5.74) is 2.20. The minimum Gasteiger partial charge on any atom is -0.359 e. The number of fused-ring (bicyclic) bond motifs is 6. The van der Waals surface area contributed by atoms with Crippen molar-refractivity contribution in [1.29, 1.82) is 0 Å². The second-order valence-electron chi connectivity index (χ2n) is 7.83. The number of hydrogen-bond acceptors (Lipinski definition) is 3. The van der Waals surface area contributed by atoms with Crippen molar-refractivity contribution in [3.05, 3.63) is 46.0 Å². The summed E-state index contributed by atoms with van der Waals surface area (Å²) in [6, 6.07) is 5.57. The lowest BCUT2D eigenvalue weighted by Crippen LogP contribution is -2.48. The Hall–Kier alpha value is -1.95. The van der Waals surface area contributed by atoms with Crippen molar-refractivity contribution in [2.45, 2.75) is 31.7 Å². The van der Waals surface area contributed by atoms with E-state index in [1.54, 1.807) is 12.1 Å². The molecular formula is C19H21N3O2S. The van der Waals surface area contributed by atoms with Gasteiger partial charge in [0.1, 0.15) is 0 Å². The highest BCUT2D eigenvalue weighted by molar-refractivity contribution is 7.80. The molecule has 0 radical (unpaired) electrons. The fourth-order valence-electron chi connectivity index (χ4n) is 5.66. The van der Waals surface area contributed by atoms with Gasteiger partial charge in [0, 0.05) is 30.4 Å². The molecule has 130 valence electrons. The van der Waals surface area contributed by atoms with Crippen LogP contribution in [-0.4, -0.2) is 22.6 Å². The summed E-state index contributed by atoms with van der Waals surface area (Å²) < 4.78 is 0. The van der Waals surface area contributed by atoms with Gasteiger partial charge in [0.05, 0.1) is 4.92 Å². The quantitative estimate of drug-likeness (QED) is 0.381. The van der Waals surface area contributed by atoms with Crippen LogP contribution < -0.4 is 10.2 Å². The summed E-state index contributed by atoms with van der Waals surface area (Å²) in [6.45, 7) is 0.801. The zero-order valence-corrected chi connectivity index (χ0v) is 14.7. The number of nitrogens with one attached hydrogen (secondary N) is 1. The molecule has 1 aromatic carbocycles. The molecule has 0 unspecified atom stereocenters. The molecular weight excluding hydrogens is 334 g/mol. The highest BCUT2D eigenvalue weighted by Gasteiger charge is 2.52. The lowest BCUT2D eigenvalue weighted by molar-refractivity contribution is -0.384. The van der Waals surface area contributed by atoms with Gasteiger partial charge in [0.25, 0.3) is 5.69 Å². The molecule has 0 amide bonds. The topological polar surface area (TPSA) is 58.4 Å². The number of benzene rings is 1. The van der Waals surface area contributed by atoms with Gasteiger partial charge in [-0.05, 0) is 73.2 Å². The third-order valence-electron chi connectivity index (χ3n) is 6.73. The van der Waals surface area contributed by atoms with Gasteiger partial charge >= 0.3 is 0 Å². The van der Waals surface area contributed by atoms with Crippen LogP contribution in [0, 0.1) is 33.8 Å². The first kappa shape index (κ1) is 15.3. The second-order valence-corrected chi connectivity index (χ2v) is 8.21. The van der Waals surface area contributed by atoms with E-state index in [1.807, 2.05) is 6.07 Å². The largest absolute Gasteiger partial charge is 0.359 e. The van der Waals surface area contributed by atoms with Gasteiger partial charge < -0.3 is 10.2 Å². The Labute approximate surface area is 152 Å². The Kier molecular flexibility index (Phi) is 3.39. The molecule has 1 N–H and O–H groups in total. The monoisotopic (exact) mass is 355 g/mol. The third kappa shape index (κ3) is 2.30. The SMILES string of the molecule is O=[N+]([O-])c1ccc2c(c1)CCN2C(=S)N[C@@H]1C[C@H]2C[C@@H]1[C@@H]1C=CC[C@@H]21. The normalized spacial score (nSPS) is 34.2. The van der Waals surface area contributed by atoms with E-state index < -0.39 is 0 Å². The van der Waals surface area contributed by atoms with E-state index in [0.29, 0.717) is 12.0 Å². The van der Waals surface area contributed by atoms with E-state index in [2.05, 4.69) is 22.4 Å². The molecule has 2 bridgehead atoms. The third-order valence-corrected chi connectivity index (χ3v) is 7.07. The van der Waals surface area contributed by atoms with Crippen LogP contribution in [0.5, 0.6) is 0 Å². The van der Waals surface area contributed by atoms with E-state index in [1.165, 1.54) is 19.3 Å². The summed E-state index contributed by atoms with van der Waals surface area (Å²) in [4.78, 5) is 12.7. The maximum absolute atomic E-state index is 11.0. The summed E-state index contributed by atoms with van der Waals surface area (Å²) in [5, 5.41) is 15.4. The van der Waals surface area contributed by atoms with Gasteiger partial charge in [-0.15, -0.1) is 0 Å². The van der Waals surface area contributed by atoms with Gasteiger partial charge in [-0.2, -0.15) is 0 Å². The molecule has 4 aliphatic rings. The number of non-ortho nitro benzene ring substituents is 1. The molecule has 0 saturated heterocycles. The number of nitrogens with zero attached hydrogens (tertiary/aromatic N) is 2. The number of nitro benzene ring substituents is 1. The minimum atomic E-state index is -0.333. The van der Waals surface area contributed by atoms with E-state index in [0.717, 1.165) is 47.1 Å². The summed E-state index contributed by atoms with van der Waals surface area (Å²) in [7, 11) is 0. The molecule has 2 fully saturated rings.